The Bertz CT molecular complexity index is 442. The Hall–Kier alpha value is -1.42. The van der Waals surface area contributed by atoms with Crippen LogP contribution in [-0.4, -0.2) is 24.0 Å². The summed E-state index contributed by atoms with van der Waals surface area (Å²) in [6.07, 6.45) is 2.12. The number of rotatable bonds is 1. The highest BCUT2D eigenvalue weighted by atomic mass is 35.5. The number of likely N-dealkylation sites (tertiary alicyclic amines) is 1. The van der Waals surface area contributed by atoms with Gasteiger partial charge in [0.25, 0.3) is 0 Å². The zero-order valence-corrected chi connectivity index (χ0v) is 11.2. The van der Waals surface area contributed by atoms with Crippen molar-refractivity contribution in [2.45, 2.75) is 19.8 Å². The van der Waals surface area contributed by atoms with E-state index < -0.39 is 0 Å². The van der Waals surface area contributed by atoms with Gasteiger partial charge in [-0.05, 0) is 37.0 Å². The van der Waals surface area contributed by atoms with E-state index in [1.165, 1.54) is 0 Å². The maximum Gasteiger partial charge on any atom is 0.321 e. The van der Waals surface area contributed by atoms with Crippen molar-refractivity contribution < 1.29 is 4.79 Å². The number of carbonyl (C=O) groups is 1. The third kappa shape index (κ3) is 3.07. The molecule has 1 aromatic rings. The van der Waals surface area contributed by atoms with Crippen LogP contribution in [-0.2, 0) is 0 Å². The zero-order chi connectivity index (χ0) is 13.1. The third-order valence-corrected chi connectivity index (χ3v) is 3.56. The van der Waals surface area contributed by atoms with Crippen LogP contribution in [0.3, 0.4) is 0 Å². The fraction of sp³-hybridized carbons (Fsp3) is 0.462. The molecule has 0 atom stereocenters. The SMILES string of the molecule is CC1CCN(C(=O)Nc2ccc(Cl)cc2N)CC1. The lowest BCUT2D eigenvalue weighted by Crippen LogP contribution is -2.40. The maximum absolute atomic E-state index is 12.0. The van der Waals surface area contributed by atoms with E-state index in [2.05, 4.69) is 12.2 Å². The second-order valence-corrected chi connectivity index (χ2v) is 5.27. The van der Waals surface area contributed by atoms with Gasteiger partial charge in [-0.2, -0.15) is 0 Å². The molecule has 1 heterocycles. The van der Waals surface area contributed by atoms with Crippen molar-refractivity contribution in [1.29, 1.82) is 0 Å². The van der Waals surface area contributed by atoms with Crippen LogP contribution < -0.4 is 11.1 Å². The summed E-state index contributed by atoms with van der Waals surface area (Å²) in [6, 6.07) is 4.99. The van der Waals surface area contributed by atoms with Gasteiger partial charge >= 0.3 is 6.03 Å². The van der Waals surface area contributed by atoms with Gasteiger partial charge in [-0.25, -0.2) is 4.79 Å². The van der Waals surface area contributed by atoms with E-state index in [4.69, 9.17) is 17.3 Å². The second-order valence-electron chi connectivity index (χ2n) is 4.83. The number of amides is 2. The fourth-order valence-corrected chi connectivity index (χ4v) is 2.23. The summed E-state index contributed by atoms with van der Waals surface area (Å²) in [5.74, 6) is 0.703. The second kappa shape index (κ2) is 5.48. The largest absolute Gasteiger partial charge is 0.397 e. The van der Waals surface area contributed by atoms with Crippen LogP contribution in [0.2, 0.25) is 5.02 Å². The molecule has 0 radical (unpaired) electrons. The molecule has 5 heteroatoms. The average Bonchev–Trinajstić information content (AvgIpc) is 2.33. The normalized spacial score (nSPS) is 16.7. The number of benzene rings is 1. The van der Waals surface area contributed by atoms with Crippen molar-refractivity contribution in [2.75, 3.05) is 24.1 Å². The number of hydrogen-bond acceptors (Lipinski definition) is 2. The van der Waals surface area contributed by atoms with E-state index in [-0.39, 0.29) is 6.03 Å². The van der Waals surface area contributed by atoms with Crippen LogP contribution in [0, 0.1) is 5.92 Å². The minimum atomic E-state index is -0.0871. The molecule has 1 aliphatic heterocycles. The number of piperidine rings is 1. The van der Waals surface area contributed by atoms with Crippen molar-refractivity contribution in [2.24, 2.45) is 5.92 Å². The molecule has 1 aliphatic rings. The smallest absolute Gasteiger partial charge is 0.321 e. The zero-order valence-electron chi connectivity index (χ0n) is 10.4. The molecule has 98 valence electrons. The molecular formula is C13H18ClN3O. The van der Waals surface area contributed by atoms with E-state index in [0.717, 1.165) is 25.9 Å². The molecule has 2 rings (SSSR count). The molecule has 18 heavy (non-hydrogen) atoms. The van der Waals surface area contributed by atoms with Crippen molar-refractivity contribution in [3.63, 3.8) is 0 Å². The van der Waals surface area contributed by atoms with Crippen molar-refractivity contribution in [3.8, 4) is 0 Å². The van der Waals surface area contributed by atoms with Gasteiger partial charge in [0, 0.05) is 18.1 Å². The number of nitrogens with one attached hydrogen (secondary N) is 1. The molecule has 1 aromatic carbocycles. The Morgan fingerprint density at radius 2 is 2.11 bits per heavy atom. The Balaban J connectivity index is 1.98. The summed E-state index contributed by atoms with van der Waals surface area (Å²) in [5.41, 5.74) is 6.90. The van der Waals surface area contributed by atoms with Gasteiger partial charge in [-0.3, -0.25) is 0 Å². The molecule has 3 N–H and O–H groups in total. The molecule has 0 aromatic heterocycles. The number of anilines is 2. The van der Waals surface area contributed by atoms with Crippen molar-refractivity contribution in [3.05, 3.63) is 23.2 Å². The van der Waals surface area contributed by atoms with E-state index in [1.54, 1.807) is 18.2 Å². The Kier molecular flexibility index (Phi) is 3.97. The maximum atomic E-state index is 12.0. The van der Waals surface area contributed by atoms with Gasteiger partial charge < -0.3 is 16.0 Å². The number of hydrogen-bond donors (Lipinski definition) is 2. The highest BCUT2D eigenvalue weighted by Gasteiger charge is 2.20. The number of nitrogens with two attached hydrogens (primary N) is 1. The summed E-state index contributed by atoms with van der Waals surface area (Å²) in [7, 11) is 0. The van der Waals surface area contributed by atoms with E-state index in [0.29, 0.717) is 22.3 Å². The first-order chi connectivity index (χ1) is 8.56. The van der Waals surface area contributed by atoms with Crippen LogP contribution in [0.25, 0.3) is 0 Å². The number of carbonyl (C=O) groups excluding carboxylic acids is 1. The van der Waals surface area contributed by atoms with E-state index in [9.17, 15) is 4.79 Å². The third-order valence-electron chi connectivity index (χ3n) is 3.33. The van der Waals surface area contributed by atoms with Gasteiger partial charge in [-0.15, -0.1) is 0 Å². The van der Waals surface area contributed by atoms with Crippen molar-refractivity contribution in [1.82, 2.24) is 4.90 Å². The summed E-state index contributed by atoms with van der Waals surface area (Å²) in [6.45, 7) is 3.83. The molecular weight excluding hydrogens is 250 g/mol. The first-order valence-electron chi connectivity index (χ1n) is 6.17. The molecule has 1 saturated heterocycles. The van der Waals surface area contributed by atoms with Crippen LogP contribution in [0.4, 0.5) is 16.2 Å². The lowest BCUT2D eigenvalue weighted by Gasteiger charge is -2.30. The topological polar surface area (TPSA) is 58.4 Å². The lowest BCUT2D eigenvalue weighted by molar-refractivity contribution is 0.186. The predicted molar refractivity (Wildman–Crippen MR) is 74.9 cm³/mol. The summed E-state index contributed by atoms with van der Waals surface area (Å²) < 4.78 is 0. The minimum absolute atomic E-state index is 0.0871. The summed E-state index contributed by atoms with van der Waals surface area (Å²) >= 11 is 5.82. The molecule has 0 unspecified atom stereocenters. The Morgan fingerprint density at radius 3 is 2.72 bits per heavy atom. The van der Waals surface area contributed by atoms with Gasteiger partial charge in [-0.1, -0.05) is 18.5 Å². The molecule has 1 fully saturated rings. The number of nitrogens with zero attached hydrogens (tertiary/aromatic N) is 1. The monoisotopic (exact) mass is 267 g/mol. The highest BCUT2D eigenvalue weighted by molar-refractivity contribution is 6.31. The molecule has 2 amide bonds. The van der Waals surface area contributed by atoms with Gasteiger partial charge in [0.2, 0.25) is 0 Å². The van der Waals surface area contributed by atoms with Crippen LogP contribution in [0.1, 0.15) is 19.8 Å². The predicted octanol–water partition coefficient (Wildman–Crippen LogP) is 3.19. The minimum Gasteiger partial charge on any atom is -0.397 e. The molecule has 0 aliphatic carbocycles. The van der Waals surface area contributed by atoms with Gasteiger partial charge in [0.1, 0.15) is 0 Å². The van der Waals surface area contributed by atoms with Crippen LogP contribution in [0.15, 0.2) is 18.2 Å². The Labute approximate surface area is 112 Å². The first kappa shape index (κ1) is 13.0. The van der Waals surface area contributed by atoms with Crippen LogP contribution in [0.5, 0.6) is 0 Å². The average molecular weight is 268 g/mol. The highest BCUT2D eigenvalue weighted by Crippen LogP contribution is 2.23. The van der Waals surface area contributed by atoms with E-state index in [1.807, 2.05) is 4.90 Å². The van der Waals surface area contributed by atoms with E-state index >= 15 is 0 Å². The van der Waals surface area contributed by atoms with Crippen molar-refractivity contribution >= 4 is 29.0 Å². The quantitative estimate of drug-likeness (QED) is 0.768. The Morgan fingerprint density at radius 1 is 1.44 bits per heavy atom. The van der Waals surface area contributed by atoms with Gasteiger partial charge in [0.05, 0.1) is 11.4 Å². The number of halogens is 1. The molecule has 0 bridgehead atoms. The standard InChI is InChI=1S/C13H18ClN3O/c1-9-4-6-17(7-5-9)13(18)16-12-3-2-10(14)8-11(12)15/h2-3,8-9H,4-7,15H2,1H3,(H,16,18). The van der Waals surface area contributed by atoms with Crippen LogP contribution >= 0.6 is 11.6 Å². The summed E-state index contributed by atoms with van der Waals surface area (Å²) in [5, 5.41) is 3.39. The number of nitrogen functional groups attached to an aromatic ring is 1. The summed E-state index contributed by atoms with van der Waals surface area (Å²) in [4.78, 5) is 13.9. The fourth-order valence-electron chi connectivity index (χ4n) is 2.05. The molecule has 4 nitrogen and oxygen atoms in total. The lowest BCUT2D eigenvalue weighted by atomic mass is 10.00. The number of urea groups is 1. The first-order valence-corrected chi connectivity index (χ1v) is 6.55. The van der Waals surface area contributed by atoms with Gasteiger partial charge in [0.15, 0.2) is 0 Å². The molecule has 0 spiro atoms. The molecule has 0 saturated carbocycles.